The summed E-state index contributed by atoms with van der Waals surface area (Å²) in [6, 6.07) is 8.62. The molecule has 2 aromatic carbocycles. The van der Waals surface area contributed by atoms with E-state index in [-0.39, 0.29) is 18.3 Å². The minimum absolute atomic E-state index is 0.0701. The molecule has 0 saturated heterocycles. The molecule has 0 aliphatic rings. The van der Waals surface area contributed by atoms with Gasteiger partial charge in [-0.3, -0.25) is 4.79 Å². The quantitative estimate of drug-likeness (QED) is 0.503. The van der Waals surface area contributed by atoms with Crippen molar-refractivity contribution in [1.82, 2.24) is 5.43 Å². The SMILES string of the molecule is Cc1cc(OCC(=O)N/N=C/c2cc(Br)ccc2O)c(C(C)C)cc1Cl. The Labute approximate surface area is 166 Å². The van der Waals surface area contributed by atoms with E-state index in [9.17, 15) is 9.90 Å². The number of hydrazone groups is 1. The number of hydrogen-bond donors (Lipinski definition) is 2. The van der Waals surface area contributed by atoms with Crippen LogP contribution in [0.25, 0.3) is 0 Å². The smallest absolute Gasteiger partial charge is 0.277 e. The van der Waals surface area contributed by atoms with Gasteiger partial charge in [-0.2, -0.15) is 5.10 Å². The second-order valence-corrected chi connectivity index (χ2v) is 7.40. The van der Waals surface area contributed by atoms with Crippen LogP contribution in [-0.2, 0) is 4.79 Å². The number of nitrogens with one attached hydrogen (secondary N) is 1. The molecule has 138 valence electrons. The maximum atomic E-state index is 11.9. The van der Waals surface area contributed by atoms with E-state index in [0.29, 0.717) is 16.3 Å². The maximum absolute atomic E-state index is 11.9. The maximum Gasteiger partial charge on any atom is 0.277 e. The molecule has 0 aromatic heterocycles. The first kappa shape index (κ1) is 20.3. The number of phenolic OH excluding ortho intramolecular Hbond substituents is 1. The minimum atomic E-state index is -0.405. The Balaban J connectivity index is 1.98. The highest BCUT2D eigenvalue weighted by atomic mass is 79.9. The Bertz CT molecular complexity index is 838. The summed E-state index contributed by atoms with van der Waals surface area (Å²) in [6.45, 7) is 5.77. The van der Waals surface area contributed by atoms with Crippen molar-refractivity contribution in [2.45, 2.75) is 26.7 Å². The standard InChI is InChI=1S/C19H20BrClN2O3/c1-11(2)15-8-16(21)12(3)6-18(15)26-10-19(25)23-22-9-13-7-14(20)4-5-17(13)24/h4-9,11,24H,10H2,1-3H3,(H,23,25)/b22-9+. The Kier molecular flexibility index (Phi) is 7.06. The predicted molar refractivity (Wildman–Crippen MR) is 107 cm³/mol. The number of halogens is 2. The van der Waals surface area contributed by atoms with Gasteiger partial charge >= 0.3 is 0 Å². The summed E-state index contributed by atoms with van der Waals surface area (Å²) in [5, 5.41) is 14.2. The van der Waals surface area contributed by atoms with Gasteiger partial charge in [0.1, 0.15) is 11.5 Å². The van der Waals surface area contributed by atoms with E-state index >= 15 is 0 Å². The lowest BCUT2D eigenvalue weighted by molar-refractivity contribution is -0.123. The lowest BCUT2D eigenvalue weighted by atomic mass is 10.0. The van der Waals surface area contributed by atoms with Gasteiger partial charge in [0.15, 0.2) is 6.61 Å². The van der Waals surface area contributed by atoms with Crippen LogP contribution < -0.4 is 10.2 Å². The fraction of sp³-hybridized carbons (Fsp3) is 0.263. The molecule has 0 heterocycles. The summed E-state index contributed by atoms with van der Waals surface area (Å²) in [5.74, 6) is 0.507. The molecule has 0 saturated carbocycles. The topological polar surface area (TPSA) is 70.9 Å². The third-order valence-corrected chi connectivity index (χ3v) is 4.55. The molecule has 7 heteroatoms. The van der Waals surface area contributed by atoms with Gasteiger partial charge in [0.25, 0.3) is 5.91 Å². The molecule has 1 amide bonds. The molecule has 0 aliphatic heterocycles. The average molecular weight is 440 g/mol. The number of hydrogen-bond acceptors (Lipinski definition) is 4. The van der Waals surface area contributed by atoms with E-state index in [4.69, 9.17) is 16.3 Å². The van der Waals surface area contributed by atoms with Gasteiger partial charge in [0.2, 0.25) is 0 Å². The van der Waals surface area contributed by atoms with E-state index < -0.39 is 5.91 Å². The second-order valence-electron chi connectivity index (χ2n) is 6.08. The zero-order valence-electron chi connectivity index (χ0n) is 14.7. The van der Waals surface area contributed by atoms with E-state index in [1.807, 2.05) is 32.9 Å². The van der Waals surface area contributed by atoms with Gasteiger partial charge in [0.05, 0.1) is 6.21 Å². The molecule has 2 aromatic rings. The molecule has 0 unspecified atom stereocenters. The Morgan fingerprint density at radius 2 is 2.12 bits per heavy atom. The first-order chi connectivity index (χ1) is 12.3. The summed E-state index contributed by atoms with van der Waals surface area (Å²) in [7, 11) is 0. The van der Waals surface area contributed by atoms with Crippen LogP contribution >= 0.6 is 27.5 Å². The molecule has 0 atom stereocenters. The van der Waals surface area contributed by atoms with Crippen molar-refractivity contribution in [2.75, 3.05) is 6.61 Å². The minimum Gasteiger partial charge on any atom is -0.507 e. The normalized spacial score (nSPS) is 11.2. The number of aryl methyl sites for hydroxylation is 1. The Morgan fingerprint density at radius 3 is 2.81 bits per heavy atom. The summed E-state index contributed by atoms with van der Waals surface area (Å²) < 4.78 is 6.44. The highest BCUT2D eigenvalue weighted by Gasteiger charge is 2.12. The van der Waals surface area contributed by atoms with Gasteiger partial charge in [-0.1, -0.05) is 41.4 Å². The number of carbonyl (C=O) groups is 1. The zero-order valence-corrected chi connectivity index (χ0v) is 17.1. The van der Waals surface area contributed by atoms with Gasteiger partial charge in [0, 0.05) is 15.1 Å². The van der Waals surface area contributed by atoms with Gasteiger partial charge < -0.3 is 9.84 Å². The Hall–Kier alpha value is -2.05. The van der Waals surface area contributed by atoms with Crippen LogP contribution in [0.4, 0.5) is 0 Å². The van der Waals surface area contributed by atoms with Crippen LogP contribution in [-0.4, -0.2) is 23.8 Å². The molecule has 0 spiro atoms. The average Bonchev–Trinajstić information content (AvgIpc) is 2.58. The summed E-state index contributed by atoms with van der Waals surface area (Å²) >= 11 is 9.47. The Morgan fingerprint density at radius 1 is 1.38 bits per heavy atom. The van der Waals surface area contributed by atoms with E-state index in [1.54, 1.807) is 12.1 Å². The first-order valence-corrected chi connectivity index (χ1v) is 9.18. The number of phenols is 1. The fourth-order valence-corrected chi connectivity index (χ4v) is 2.78. The predicted octanol–water partition coefficient (Wildman–Crippen LogP) is 4.77. The molecule has 5 nitrogen and oxygen atoms in total. The number of amides is 1. The molecule has 2 rings (SSSR count). The molecule has 0 fully saturated rings. The largest absolute Gasteiger partial charge is 0.507 e. The fourth-order valence-electron chi connectivity index (χ4n) is 2.22. The van der Waals surface area contributed by atoms with Crippen LogP contribution in [0.3, 0.4) is 0 Å². The van der Waals surface area contributed by atoms with Crippen molar-refractivity contribution in [1.29, 1.82) is 0 Å². The molecule has 2 N–H and O–H groups in total. The summed E-state index contributed by atoms with van der Waals surface area (Å²) in [5.41, 5.74) is 4.68. The molecule has 0 aliphatic carbocycles. The molecule has 26 heavy (non-hydrogen) atoms. The highest BCUT2D eigenvalue weighted by Crippen LogP contribution is 2.31. The molecular formula is C19H20BrClN2O3. The molecule has 0 radical (unpaired) electrons. The molecule has 0 bridgehead atoms. The van der Waals surface area contributed by atoms with Crippen molar-refractivity contribution < 1.29 is 14.6 Å². The van der Waals surface area contributed by atoms with Crippen molar-refractivity contribution in [2.24, 2.45) is 5.10 Å². The van der Waals surface area contributed by atoms with Crippen LogP contribution in [0.5, 0.6) is 11.5 Å². The number of rotatable bonds is 6. The zero-order chi connectivity index (χ0) is 19.3. The number of benzene rings is 2. The van der Waals surface area contributed by atoms with Crippen molar-refractivity contribution in [3.05, 3.63) is 56.5 Å². The lowest BCUT2D eigenvalue weighted by Gasteiger charge is -2.15. The van der Waals surface area contributed by atoms with Crippen molar-refractivity contribution in [3.63, 3.8) is 0 Å². The monoisotopic (exact) mass is 438 g/mol. The van der Waals surface area contributed by atoms with Crippen LogP contribution in [0.2, 0.25) is 5.02 Å². The molecular weight excluding hydrogens is 420 g/mol. The number of nitrogens with zero attached hydrogens (tertiary/aromatic N) is 1. The third-order valence-electron chi connectivity index (χ3n) is 3.65. The lowest BCUT2D eigenvalue weighted by Crippen LogP contribution is -2.25. The first-order valence-electron chi connectivity index (χ1n) is 8.01. The van der Waals surface area contributed by atoms with Crippen LogP contribution in [0, 0.1) is 6.92 Å². The van der Waals surface area contributed by atoms with E-state index in [1.165, 1.54) is 12.3 Å². The van der Waals surface area contributed by atoms with E-state index in [2.05, 4.69) is 26.5 Å². The van der Waals surface area contributed by atoms with Crippen molar-refractivity contribution >= 4 is 39.7 Å². The second kappa shape index (κ2) is 9.05. The van der Waals surface area contributed by atoms with Gasteiger partial charge in [-0.15, -0.1) is 0 Å². The number of ether oxygens (including phenoxy) is 1. The van der Waals surface area contributed by atoms with Gasteiger partial charge in [-0.05, 0) is 54.3 Å². The van der Waals surface area contributed by atoms with Gasteiger partial charge in [-0.25, -0.2) is 5.43 Å². The summed E-state index contributed by atoms with van der Waals surface area (Å²) in [4.78, 5) is 11.9. The van der Waals surface area contributed by atoms with E-state index in [0.717, 1.165) is 15.6 Å². The summed E-state index contributed by atoms with van der Waals surface area (Å²) in [6.07, 6.45) is 1.37. The van der Waals surface area contributed by atoms with Crippen LogP contribution in [0.15, 0.2) is 39.9 Å². The van der Waals surface area contributed by atoms with Crippen molar-refractivity contribution in [3.8, 4) is 11.5 Å². The van der Waals surface area contributed by atoms with Crippen LogP contribution in [0.1, 0.15) is 36.5 Å². The highest BCUT2D eigenvalue weighted by molar-refractivity contribution is 9.10. The number of carbonyl (C=O) groups excluding carboxylic acids is 1. The number of aromatic hydroxyl groups is 1. The third kappa shape index (κ3) is 5.47.